The van der Waals surface area contributed by atoms with Crippen molar-refractivity contribution in [3.05, 3.63) is 71.8 Å². The lowest BCUT2D eigenvalue weighted by Gasteiger charge is -2.14. The average Bonchev–Trinajstić information content (AvgIpc) is 2.63. The number of carbonyl (C=O) groups is 2. The smallest absolute Gasteiger partial charge is 0.335 e. The second-order valence-corrected chi connectivity index (χ2v) is 6.02. The molecule has 2 rings (SSSR count). The van der Waals surface area contributed by atoms with Crippen LogP contribution in [-0.4, -0.2) is 38.2 Å². The predicted octanol–water partition coefficient (Wildman–Crippen LogP) is 4.04. The maximum atomic E-state index is 10.2. The normalized spacial score (nSPS) is 9.93. The first-order valence-electron chi connectivity index (χ1n) is 8.68. The molecule has 0 radical (unpaired) electrons. The van der Waals surface area contributed by atoms with Gasteiger partial charge in [0.25, 0.3) is 0 Å². The van der Waals surface area contributed by atoms with Gasteiger partial charge in [0.2, 0.25) is 0 Å². The standard InChI is InChI=1S/2C7H6O2.C7H16O2/c2*8-7(9)6-4-2-1-3-5-6;1-3-4-5-6-7(2,8)9/h2*1-5H,(H,8,9);8-9H,3-6H2,1-2H3. The second kappa shape index (κ2) is 13.5. The Morgan fingerprint density at radius 2 is 1.15 bits per heavy atom. The molecule has 148 valence electrons. The third kappa shape index (κ3) is 14.2. The highest BCUT2D eigenvalue weighted by Gasteiger charge is 2.12. The van der Waals surface area contributed by atoms with E-state index in [9.17, 15) is 9.59 Å². The van der Waals surface area contributed by atoms with E-state index in [-0.39, 0.29) is 0 Å². The predicted molar refractivity (Wildman–Crippen MR) is 104 cm³/mol. The van der Waals surface area contributed by atoms with Crippen molar-refractivity contribution >= 4 is 11.9 Å². The molecule has 0 heterocycles. The first kappa shape index (κ1) is 24.3. The molecule has 0 atom stereocenters. The van der Waals surface area contributed by atoms with Gasteiger partial charge in [0.05, 0.1) is 11.1 Å². The highest BCUT2D eigenvalue weighted by molar-refractivity contribution is 5.87. The van der Waals surface area contributed by atoms with Crippen molar-refractivity contribution in [1.29, 1.82) is 0 Å². The maximum absolute atomic E-state index is 10.2. The number of hydrogen-bond acceptors (Lipinski definition) is 4. The third-order valence-corrected chi connectivity index (χ3v) is 3.30. The van der Waals surface area contributed by atoms with Gasteiger partial charge in [-0.15, -0.1) is 0 Å². The van der Waals surface area contributed by atoms with Crippen LogP contribution in [0.25, 0.3) is 0 Å². The number of unbranched alkanes of at least 4 members (excludes halogenated alkanes) is 2. The Labute approximate surface area is 159 Å². The number of hydrogen-bond donors (Lipinski definition) is 4. The van der Waals surface area contributed by atoms with Crippen molar-refractivity contribution in [2.24, 2.45) is 0 Å². The molecule has 2 aromatic rings. The molecule has 0 saturated heterocycles. The van der Waals surface area contributed by atoms with Crippen molar-refractivity contribution in [2.45, 2.75) is 45.3 Å². The minimum atomic E-state index is -1.45. The molecule has 27 heavy (non-hydrogen) atoms. The molecule has 0 aliphatic carbocycles. The first-order valence-corrected chi connectivity index (χ1v) is 8.68. The molecule has 2 aromatic carbocycles. The van der Waals surface area contributed by atoms with Crippen molar-refractivity contribution in [1.82, 2.24) is 0 Å². The Morgan fingerprint density at radius 1 is 0.778 bits per heavy atom. The monoisotopic (exact) mass is 376 g/mol. The van der Waals surface area contributed by atoms with Crippen molar-refractivity contribution in [3.8, 4) is 0 Å². The van der Waals surface area contributed by atoms with Gasteiger partial charge in [-0.25, -0.2) is 9.59 Å². The Kier molecular flexibility index (Phi) is 12.1. The van der Waals surface area contributed by atoms with Gasteiger partial charge in [-0.2, -0.15) is 0 Å². The van der Waals surface area contributed by atoms with Crippen LogP contribution in [0.15, 0.2) is 60.7 Å². The minimum absolute atomic E-state index is 0.331. The summed E-state index contributed by atoms with van der Waals surface area (Å²) in [5, 5.41) is 34.4. The van der Waals surface area contributed by atoms with Crippen LogP contribution >= 0.6 is 0 Å². The number of aliphatic hydroxyl groups is 2. The summed E-state index contributed by atoms with van der Waals surface area (Å²) in [5.74, 6) is -3.21. The molecule has 0 fully saturated rings. The van der Waals surface area contributed by atoms with E-state index in [1.165, 1.54) is 6.92 Å². The van der Waals surface area contributed by atoms with E-state index >= 15 is 0 Å². The molecule has 0 saturated carbocycles. The second-order valence-electron chi connectivity index (χ2n) is 6.02. The molecule has 0 spiro atoms. The zero-order chi connectivity index (χ0) is 20.7. The summed E-state index contributed by atoms with van der Waals surface area (Å²) in [6.45, 7) is 3.51. The highest BCUT2D eigenvalue weighted by atomic mass is 16.5. The molecular weight excluding hydrogens is 348 g/mol. The quantitative estimate of drug-likeness (QED) is 0.447. The minimum Gasteiger partial charge on any atom is -0.478 e. The molecule has 6 nitrogen and oxygen atoms in total. The van der Waals surface area contributed by atoms with Crippen LogP contribution in [0.1, 0.15) is 60.2 Å². The van der Waals surface area contributed by atoms with E-state index in [0.29, 0.717) is 17.5 Å². The first-order chi connectivity index (χ1) is 12.7. The zero-order valence-electron chi connectivity index (χ0n) is 15.7. The van der Waals surface area contributed by atoms with Gasteiger partial charge in [-0.05, 0) is 37.6 Å². The molecule has 6 heteroatoms. The lowest BCUT2D eigenvalue weighted by molar-refractivity contribution is -0.150. The summed E-state index contributed by atoms with van der Waals surface area (Å²) < 4.78 is 0. The molecule has 0 aromatic heterocycles. The van der Waals surface area contributed by atoms with Gasteiger partial charge in [-0.1, -0.05) is 56.2 Å². The van der Waals surface area contributed by atoms with E-state index in [0.717, 1.165) is 19.3 Å². The molecule has 0 aliphatic heterocycles. The highest BCUT2D eigenvalue weighted by Crippen LogP contribution is 2.09. The van der Waals surface area contributed by atoms with Crippen LogP contribution in [0.4, 0.5) is 0 Å². The topological polar surface area (TPSA) is 115 Å². The van der Waals surface area contributed by atoms with Crippen LogP contribution in [0.2, 0.25) is 0 Å². The van der Waals surface area contributed by atoms with Gasteiger partial charge < -0.3 is 20.4 Å². The summed E-state index contributed by atoms with van der Waals surface area (Å²) in [6, 6.07) is 16.6. The Bertz CT molecular complexity index is 598. The van der Waals surface area contributed by atoms with E-state index in [1.807, 2.05) is 0 Å². The largest absolute Gasteiger partial charge is 0.478 e. The fourth-order valence-corrected chi connectivity index (χ4v) is 1.87. The number of aromatic carboxylic acids is 2. The van der Waals surface area contributed by atoms with Crippen LogP contribution in [-0.2, 0) is 0 Å². The van der Waals surface area contributed by atoms with Gasteiger partial charge in [0, 0.05) is 6.42 Å². The average molecular weight is 376 g/mol. The van der Waals surface area contributed by atoms with E-state index in [4.69, 9.17) is 20.4 Å². The fourth-order valence-electron chi connectivity index (χ4n) is 1.87. The van der Waals surface area contributed by atoms with E-state index in [2.05, 4.69) is 6.92 Å². The van der Waals surface area contributed by atoms with E-state index < -0.39 is 17.7 Å². The molecular formula is C21H28O6. The molecule has 0 bridgehead atoms. The maximum Gasteiger partial charge on any atom is 0.335 e. The molecule has 0 unspecified atom stereocenters. The van der Waals surface area contributed by atoms with Gasteiger partial charge in [0.1, 0.15) is 0 Å². The number of rotatable bonds is 6. The molecule has 4 N–H and O–H groups in total. The van der Waals surface area contributed by atoms with Crippen LogP contribution in [0.5, 0.6) is 0 Å². The van der Waals surface area contributed by atoms with Crippen LogP contribution in [0.3, 0.4) is 0 Å². The van der Waals surface area contributed by atoms with Gasteiger partial charge in [0.15, 0.2) is 5.79 Å². The van der Waals surface area contributed by atoms with E-state index in [1.54, 1.807) is 60.7 Å². The Hall–Kier alpha value is -2.70. The summed E-state index contributed by atoms with van der Waals surface area (Å²) in [5.41, 5.74) is 0.662. The summed E-state index contributed by atoms with van der Waals surface area (Å²) >= 11 is 0. The van der Waals surface area contributed by atoms with Crippen molar-refractivity contribution in [3.63, 3.8) is 0 Å². The summed E-state index contributed by atoms with van der Waals surface area (Å²) in [6.07, 6.45) is 3.59. The fraction of sp³-hybridized carbons (Fsp3) is 0.333. The lowest BCUT2D eigenvalue weighted by Crippen LogP contribution is -2.22. The third-order valence-electron chi connectivity index (χ3n) is 3.30. The van der Waals surface area contributed by atoms with Crippen molar-refractivity contribution < 1.29 is 30.0 Å². The molecule has 0 amide bonds. The lowest BCUT2D eigenvalue weighted by atomic mass is 10.1. The molecule has 0 aliphatic rings. The van der Waals surface area contributed by atoms with Crippen LogP contribution in [0, 0.1) is 0 Å². The summed E-state index contributed by atoms with van der Waals surface area (Å²) in [4.78, 5) is 20.4. The van der Waals surface area contributed by atoms with Gasteiger partial charge >= 0.3 is 11.9 Å². The number of carboxylic acids is 2. The number of benzene rings is 2. The SMILES string of the molecule is CCCCCC(C)(O)O.O=C(O)c1ccccc1.O=C(O)c1ccccc1. The van der Waals surface area contributed by atoms with Crippen LogP contribution < -0.4 is 0 Å². The van der Waals surface area contributed by atoms with Gasteiger partial charge in [-0.3, -0.25) is 0 Å². The Morgan fingerprint density at radius 3 is 1.37 bits per heavy atom. The number of carboxylic acid groups (broad SMARTS) is 2. The Balaban J connectivity index is 0.000000376. The van der Waals surface area contributed by atoms with Crippen molar-refractivity contribution in [2.75, 3.05) is 0 Å². The summed E-state index contributed by atoms with van der Waals surface area (Å²) in [7, 11) is 0. The zero-order valence-corrected chi connectivity index (χ0v) is 15.7.